The van der Waals surface area contributed by atoms with Gasteiger partial charge in [0.1, 0.15) is 5.15 Å². The fraction of sp³-hybridized carbons (Fsp3) is 0.526. The molecule has 1 aliphatic heterocycles. The number of halogens is 1. The van der Waals surface area contributed by atoms with Crippen LogP contribution >= 0.6 is 11.6 Å². The number of aliphatic hydroxyl groups excluding tert-OH is 1. The molecule has 0 aliphatic carbocycles. The minimum absolute atomic E-state index is 0.240. The number of nitrogens with zero attached hydrogens (tertiary/aromatic N) is 3. The number of aliphatic hydroxyl groups is 1. The van der Waals surface area contributed by atoms with Gasteiger partial charge in [0.2, 0.25) is 0 Å². The van der Waals surface area contributed by atoms with Crippen molar-refractivity contribution in [2.45, 2.75) is 46.4 Å². The van der Waals surface area contributed by atoms with Gasteiger partial charge >= 0.3 is 0 Å². The Morgan fingerprint density at radius 3 is 2.58 bits per heavy atom. The molecule has 1 aromatic heterocycles. The highest BCUT2D eigenvalue weighted by molar-refractivity contribution is 6.30. The maximum Gasteiger partial charge on any atom is 0.132 e. The lowest BCUT2D eigenvalue weighted by Gasteiger charge is -2.17. The van der Waals surface area contributed by atoms with Gasteiger partial charge in [0.15, 0.2) is 0 Å². The fourth-order valence-corrected chi connectivity index (χ4v) is 3.66. The highest BCUT2D eigenvalue weighted by Gasteiger charge is 2.27. The van der Waals surface area contributed by atoms with Gasteiger partial charge in [-0.05, 0) is 45.2 Å². The Labute approximate surface area is 149 Å². The lowest BCUT2D eigenvalue weighted by atomic mass is 10.0. The van der Waals surface area contributed by atoms with Crippen molar-refractivity contribution in [2.75, 3.05) is 13.1 Å². The van der Waals surface area contributed by atoms with Gasteiger partial charge in [0, 0.05) is 18.7 Å². The number of benzene rings is 1. The third-order valence-corrected chi connectivity index (χ3v) is 5.43. The maximum absolute atomic E-state index is 9.76. The van der Waals surface area contributed by atoms with Crippen molar-refractivity contribution >= 4 is 11.6 Å². The molecule has 2 aromatic rings. The second-order valence-corrected chi connectivity index (χ2v) is 7.38. The topological polar surface area (TPSA) is 41.3 Å². The normalized spacial score (nSPS) is 19.8. The first-order valence-corrected chi connectivity index (χ1v) is 8.99. The van der Waals surface area contributed by atoms with E-state index in [-0.39, 0.29) is 6.10 Å². The number of rotatable bonds is 5. The Hall–Kier alpha value is -1.36. The van der Waals surface area contributed by atoms with Crippen LogP contribution in [0.25, 0.3) is 0 Å². The average molecular weight is 348 g/mol. The maximum atomic E-state index is 9.76. The van der Waals surface area contributed by atoms with Crippen molar-refractivity contribution in [1.29, 1.82) is 0 Å². The van der Waals surface area contributed by atoms with E-state index in [9.17, 15) is 5.11 Å². The Balaban J connectivity index is 1.71. The van der Waals surface area contributed by atoms with E-state index >= 15 is 0 Å². The van der Waals surface area contributed by atoms with Gasteiger partial charge in [-0.2, -0.15) is 5.10 Å². The lowest BCUT2D eigenvalue weighted by molar-refractivity contribution is 0.127. The SMILES string of the molecule is Cc1ccc(Cn2nc(C)c(CN3CCC(C(C)O)C3)c2Cl)cc1. The first kappa shape index (κ1) is 17.5. The van der Waals surface area contributed by atoms with E-state index in [0.29, 0.717) is 12.5 Å². The van der Waals surface area contributed by atoms with Crippen LogP contribution in [0.5, 0.6) is 0 Å². The summed E-state index contributed by atoms with van der Waals surface area (Å²) in [5, 5.41) is 15.1. The summed E-state index contributed by atoms with van der Waals surface area (Å²) in [4.78, 5) is 2.36. The Morgan fingerprint density at radius 1 is 1.25 bits per heavy atom. The Morgan fingerprint density at radius 2 is 1.96 bits per heavy atom. The van der Waals surface area contributed by atoms with Crippen molar-refractivity contribution in [3.8, 4) is 0 Å². The van der Waals surface area contributed by atoms with Crippen LogP contribution in [0.1, 0.15) is 35.7 Å². The van der Waals surface area contributed by atoms with Gasteiger partial charge in [-0.25, -0.2) is 4.68 Å². The van der Waals surface area contributed by atoms with Crippen molar-refractivity contribution in [3.63, 3.8) is 0 Å². The summed E-state index contributed by atoms with van der Waals surface area (Å²) in [6, 6.07) is 8.47. The van der Waals surface area contributed by atoms with Crippen LogP contribution in [0.3, 0.4) is 0 Å². The average Bonchev–Trinajstić information content (AvgIpc) is 3.11. The summed E-state index contributed by atoms with van der Waals surface area (Å²) >= 11 is 6.61. The van der Waals surface area contributed by atoms with Crippen molar-refractivity contribution < 1.29 is 5.11 Å². The van der Waals surface area contributed by atoms with E-state index in [1.54, 1.807) is 0 Å². The largest absolute Gasteiger partial charge is 0.393 e. The van der Waals surface area contributed by atoms with Crippen LogP contribution in [-0.4, -0.2) is 39.0 Å². The fourth-order valence-electron chi connectivity index (χ4n) is 3.36. The highest BCUT2D eigenvalue weighted by Crippen LogP contribution is 2.26. The molecule has 2 heterocycles. The molecule has 1 fully saturated rings. The molecule has 0 spiro atoms. The minimum atomic E-state index is -0.240. The molecule has 3 rings (SSSR count). The second-order valence-electron chi connectivity index (χ2n) is 7.02. The van der Waals surface area contributed by atoms with E-state index in [0.717, 1.165) is 42.5 Å². The molecule has 130 valence electrons. The minimum Gasteiger partial charge on any atom is -0.393 e. The Bertz CT molecular complexity index is 693. The van der Waals surface area contributed by atoms with Gasteiger partial charge in [-0.15, -0.1) is 0 Å². The van der Waals surface area contributed by atoms with E-state index in [1.807, 2.05) is 18.5 Å². The predicted molar refractivity (Wildman–Crippen MR) is 97.3 cm³/mol. The second kappa shape index (κ2) is 7.26. The first-order valence-electron chi connectivity index (χ1n) is 8.61. The molecule has 0 bridgehead atoms. The third kappa shape index (κ3) is 3.82. The molecule has 24 heavy (non-hydrogen) atoms. The van der Waals surface area contributed by atoms with E-state index in [2.05, 4.69) is 41.2 Å². The summed E-state index contributed by atoms with van der Waals surface area (Å²) < 4.78 is 1.89. The van der Waals surface area contributed by atoms with Crippen molar-refractivity contribution in [3.05, 3.63) is 51.8 Å². The first-order chi connectivity index (χ1) is 11.4. The quantitative estimate of drug-likeness (QED) is 0.901. The standard InChI is InChI=1S/C19H26ClN3O/c1-13-4-6-16(7-5-13)10-23-19(20)18(14(2)21-23)12-22-9-8-17(11-22)15(3)24/h4-7,15,17,24H,8-12H2,1-3H3. The zero-order chi connectivity index (χ0) is 17.3. The Kier molecular flexibility index (Phi) is 5.28. The van der Waals surface area contributed by atoms with Crippen LogP contribution in [0.2, 0.25) is 5.15 Å². The molecular weight excluding hydrogens is 322 g/mol. The van der Waals surface area contributed by atoms with E-state index in [4.69, 9.17) is 11.6 Å². The van der Waals surface area contributed by atoms with Gasteiger partial charge in [0.25, 0.3) is 0 Å². The summed E-state index contributed by atoms with van der Waals surface area (Å²) in [5.41, 5.74) is 4.55. The number of hydrogen-bond acceptors (Lipinski definition) is 3. The number of aromatic nitrogens is 2. The number of hydrogen-bond donors (Lipinski definition) is 1. The highest BCUT2D eigenvalue weighted by atomic mass is 35.5. The molecular formula is C19H26ClN3O. The van der Waals surface area contributed by atoms with E-state index in [1.165, 1.54) is 11.1 Å². The van der Waals surface area contributed by atoms with Gasteiger partial charge in [0.05, 0.1) is 18.3 Å². The molecule has 2 atom stereocenters. The van der Waals surface area contributed by atoms with Gasteiger partial charge in [-0.1, -0.05) is 41.4 Å². The number of likely N-dealkylation sites (tertiary alicyclic amines) is 1. The van der Waals surface area contributed by atoms with Crippen molar-refractivity contribution in [1.82, 2.24) is 14.7 Å². The third-order valence-electron chi connectivity index (χ3n) is 5.01. The summed E-state index contributed by atoms with van der Waals surface area (Å²) in [6.07, 6.45) is 0.807. The molecule has 0 amide bonds. The van der Waals surface area contributed by atoms with Crippen molar-refractivity contribution in [2.24, 2.45) is 5.92 Å². The molecule has 1 saturated heterocycles. The van der Waals surface area contributed by atoms with Gasteiger partial charge < -0.3 is 5.11 Å². The van der Waals surface area contributed by atoms with Gasteiger partial charge in [-0.3, -0.25) is 4.90 Å². The molecule has 5 heteroatoms. The van der Waals surface area contributed by atoms with Crippen LogP contribution in [0.4, 0.5) is 0 Å². The lowest BCUT2D eigenvalue weighted by Crippen LogP contribution is -2.24. The molecule has 2 unspecified atom stereocenters. The van der Waals surface area contributed by atoms with Crippen LogP contribution in [0.15, 0.2) is 24.3 Å². The summed E-state index contributed by atoms with van der Waals surface area (Å²) in [6.45, 7) is 9.42. The molecule has 4 nitrogen and oxygen atoms in total. The smallest absolute Gasteiger partial charge is 0.132 e. The predicted octanol–water partition coefficient (Wildman–Crippen LogP) is 3.40. The molecule has 0 radical (unpaired) electrons. The zero-order valence-electron chi connectivity index (χ0n) is 14.7. The van der Waals surface area contributed by atoms with Crippen LogP contribution in [0, 0.1) is 19.8 Å². The molecule has 1 aliphatic rings. The molecule has 0 saturated carbocycles. The molecule has 1 N–H and O–H groups in total. The molecule has 1 aromatic carbocycles. The van der Waals surface area contributed by atoms with Crippen LogP contribution < -0.4 is 0 Å². The van der Waals surface area contributed by atoms with E-state index < -0.39 is 0 Å². The van der Waals surface area contributed by atoms with Crippen LogP contribution in [-0.2, 0) is 13.1 Å². The summed E-state index contributed by atoms with van der Waals surface area (Å²) in [5.74, 6) is 0.367. The zero-order valence-corrected chi connectivity index (χ0v) is 15.4. The summed E-state index contributed by atoms with van der Waals surface area (Å²) in [7, 11) is 0. The number of aryl methyl sites for hydroxylation is 2. The monoisotopic (exact) mass is 347 g/mol.